The average molecular weight is 266 g/mol. The van der Waals surface area contributed by atoms with Crippen molar-refractivity contribution in [2.45, 2.75) is 19.9 Å². The van der Waals surface area contributed by atoms with Crippen molar-refractivity contribution in [3.8, 4) is 0 Å². The van der Waals surface area contributed by atoms with Crippen LogP contribution in [-0.2, 0) is 9.59 Å². The maximum atomic E-state index is 11.4. The summed E-state index contributed by atoms with van der Waals surface area (Å²) in [6.07, 6.45) is 1.39. The summed E-state index contributed by atoms with van der Waals surface area (Å²) in [5, 5.41) is 12.8. The average Bonchev–Trinajstić information content (AvgIpc) is 2.73. The Kier molecular flexibility index (Phi) is 4.87. The number of carboxylic acid groups (broad SMARTS) is 1. The molecule has 1 aromatic heterocycles. The van der Waals surface area contributed by atoms with Gasteiger partial charge in [-0.2, -0.15) is 0 Å². The van der Waals surface area contributed by atoms with Crippen molar-refractivity contribution in [3.05, 3.63) is 35.8 Å². The Morgan fingerprint density at radius 3 is 2.53 bits per heavy atom. The van der Waals surface area contributed by atoms with E-state index in [4.69, 9.17) is 9.52 Å². The van der Waals surface area contributed by atoms with Crippen molar-refractivity contribution in [1.29, 1.82) is 0 Å². The quantitative estimate of drug-likeness (QED) is 0.707. The number of rotatable bonds is 4. The van der Waals surface area contributed by atoms with Crippen molar-refractivity contribution in [3.63, 3.8) is 0 Å². The second-order valence-corrected chi connectivity index (χ2v) is 3.80. The maximum Gasteiger partial charge on any atom is 0.328 e. The Morgan fingerprint density at radius 2 is 2.00 bits per heavy atom. The van der Waals surface area contributed by atoms with Crippen LogP contribution in [-0.4, -0.2) is 23.0 Å². The van der Waals surface area contributed by atoms with E-state index in [1.54, 1.807) is 26.0 Å². The van der Waals surface area contributed by atoms with Crippen LogP contribution in [0.25, 0.3) is 0 Å². The molecular formula is C12H14N2O5. The highest BCUT2D eigenvalue weighted by Gasteiger charge is 2.13. The lowest BCUT2D eigenvalue weighted by Gasteiger charge is -2.11. The van der Waals surface area contributed by atoms with Crippen molar-refractivity contribution in [2.75, 3.05) is 0 Å². The third-order valence-electron chi connectivity index (χ3n) is 2.15. The molecule has 1 rings (SSSR count). The van der Waals surface area contributed by atoms with Gasteiger partial charge in [0.25, 0.3) is 5.91 Å². The molecule has 0 spiro atoms. The Balaban J connectivity index is 2.47. The van der Waals surface area contributed by atoms with Crippen molar-refractivity contribution >= 4 is 17.9 Å². The fourth-order valence-electron chi connectivity index (χ4n) is 1.29. The molecular weight excluding hydrogens is 252 g/mol. The third-order valence-corrected chi connectivity index (χ3v) is 2.15. The molecule has 7 heteroatoms. The molecule has 0 bridgehead atoms. The normalized spacial score (nSPS) is 12.1. The number of hydrogen-bond acceptors (Lipinski definition) is 4. The van der Waals surface area contributed by atoms with Crippen LogP contribution in [0.15, 0.2) is 28.7 Å². The molecule has 3 N–H and O–H groups in total. The molecule has 3 amide bonds. The number of carboxylic acids is 1. The van der Waals surface area contributed by atoms with Gasteiger partial charge >= 0.3 is 12.0 Å². The fourth-order valence-corrected chi connectivity index (χ4v) is 1.29. The highest BCUT2D eigenvalue weighted by molar-refractivity contribution is 6.02. The molecule has 1 unspecified atom stereocenters. The Labute approximate surface area is 109 Å². The molecule has 0 fully saturated rings. The first-order chi connectivity index (χ1) is 8.88. The zero-order valence-corrected chi connectivity index (χ0v) is 10.5. The molecule has 0 aliphatic carbocycles. The van der Waals surface area contributed by atoms with Gasteiger partial charge in [-0.1, -0.05) is 0 Å². The zero-order chi connectivity index (χ0) is 14.4. The predicted octanol–water partition coefficient (Wildman–Crippen LogP) is 1.12. The van der Waals surface area contributed by atoms with Crippen LogP contribution in [0.4, 0.5) is 4.79 Å². The van der Waals surface area contributed by atoms with Gasteiger partial charge in [-0.15, -0.1) is 0 Å². The summed E-state index contributed by atoms with van der Waals surface area (Å²) in [6, 6.07) is 2.32. The maximum absolute atomic E-state index is 11.4. The molecule has 19 heavy (non-hydrogen) atoms. The monoisotopic (exact) mass is 266 g/mol. The number of amides is 3. The SMILES string of the molecule is Cc1ccc(C(C)NC(=O)NC(=O)C=CC(=O)O)o1. The third kappa shape index (κ3) is 5.07. The molecule has 0 radical (unpaired) electrons. The van der Waals surface area contributed by atoms with Gasteiger partial charge in [-0.3, -0.25) is 10.1 Å². The van der Waals surface area contributed by atoms with E-state index >= 15 is 0 Å². The van der Waals surface area contributed by atoms with Crippen LogP contribution in [0, 0.1) is 6.92 Å². The van der Waals surface area contributed by atoms with Gasteiger partial charge < -0.3 is 14.8 Å². The molecule has 0 aliphatic heterocycles. The summed E-state index contributed by atoms with van der Waals surface area (Å²) < 4.78 is 5.31. The van der Waals surface area contributed by atoms with Crippen LogP contribution in [0.5, 0.6) is 0 Å². The minimum absolute atomic E-state index is 0.412. The minimum atomic E-state index is -1.27. The van der Waals surface area contributed by atoms with E-state index in [0.29, 0.717) is 17.6 Å². The Hall–Kier alpha value is -2.57. The molecule has 0 aromatic carbocycles. The number of nitrogens with one attached hydrogen (secondary N) is 2. The Morgan fingerprint density at radius 1 is 1.32 bits per heavy atom. The van der Waals surface area contributed by atoms with E-state index in [9.17, 15) is 14.4 Å². The fraction of sp³-hybridized carbons (Fsp3) is 0.250. The summed E-state index contributed by atoms with van der Waals surface area (Å²) in [4.78, 5) is 32.7. The van der Waals surface area contributed by atoms with Gasteiger partial charge in [0, 0.05) is 12.2 Å². The van der Waals surface area contributed by atoms with E-state index in [1.807, 2.05) is 5.32 Å². The number of hydrogen-bond donors (Lipinski definition) is 3. The lowest BCUT2D eigenvalue weighted by Crippen LogP contribution is -2.39. The first-order valence-electron chi connectivity index (χ1n) is 5.47. The topological polar surface area (TPSA) is 109 Å². The van der Waals surface area contributed by atoms with E-state index in [0.717, 1.165) is 6.08 Å². The lowest BCUT2D eigenvalue weighted by molar-refractivity contribution is -0.131. The van der Waals surface area contributed by atoms with Crippen molar-refractivity contribution in [2.24, 2.45) is 0 Å². The van der Waals surface area contributed by atoms with Crippen LogP contribution in [0.3, 0.4) is 0 Å². The van der Waals surface area contributed by atoms with E-state index in [-0.39, 0.29) is 0 Å². The van der Waals surface area contributed by atoms with Gasteiger partial charge in [-0.05, 0) is 26.0 Å². The van der Waals surface area contributed by atoms with Gasteiger partial charge in [0.15, 0.2) is 0 Å². The number of urea groups is 1. The van der Waals surface area contributed by atoms with E-state index in [1.165, 1.54) is 0 Å². The molecule has 0 saturated heterocycles. The predicted molar refractivity (Wildman–Crippen MR) is 65.3 cm³/mol. The largest absolute Gasteiger partial charge is 0.478 e. The molecule has 1 aromatic rings. The second-order valence-electron chi connectivity index (χ2n) is 3.80. The van der Waals surface area contributed by atoms with Crippen LogP contribution in [0.1, 0.15) is 24.5 Å². The minimum Gasteiger partial charge on any atom is -0.478 e. The van der Waals surface area contributed by atoms with Gasteiger partial charge in [-0.25, -0.2) is 9.59 Å². The van der Waals surface area contributed by atoms with Crippen LogP contribution >= 0.6 is 0 Å². The lowest BCUT2D eigenvalue weighted by atomic mass is 10.2. The van der Waals surface area contributed by atoms with E-state index < -0.39 is 23.9 Å². The van der Waals surface area contributed by atoms with Crippen LogP contribution < -0.4 is 10.6 Å². The van der Waals surface area contributed by atoms with Crippen LogP contribution in [0.2, 0.25) is 0 Å². The number of furan rings is 1. The summed E-state index contributed by atoms with van der Waals surface area (Å²) in [6.45, 7) is 3.46. The smallest absolute Gasteiger partial charge is 0.328 e. The van der Waals surface area contributed by atoms with Crippen molar-refractivity contribution in [1.82, 2.24) is 10.6 Å². The van der Waals surface area contributed by atoms with Gasteiger partial charge in [0.2, 0.25) is 0 Å². The Bertz CT molecular complexity index is 518. The number of aryl methyl sites for hydroxylation is 1. The summed E-state index contributed by atoms with van der Waals surface area (Å²) >= 11 is 0. The first kappa shape index (κ1) is 14.5. The number of carbonyl (C=O) groups excluding carboxylic acids is 2. The zero-order valence-electron chi connectivity index (χ0n) is 10.5. The van der Waals surface area contributed by atoms with Crippen molar-refractivity contribution < 1.29 is 23.9 Å². The molecule has 7 nitrogen and oxygen atoms in total. The molecule has 1 heterocycles. The second kappa shape index (κ2) is 6.39. The van der Waals surface area contributed by atoms with E-state index in [2.05, 4.69) is 5.32 Å². The number of imide groups is 1. The molecule has 0 aliphatic rings. The molecule has 1 atom stereocenters. The number of aliphatic carboxylic acids is 1. The standard InChI is InChI=1S/C12H14N2O5/c1-7-3-4-9(19-7)8(2)13-12(18)14-10(15)5-6-11(16)17/h3-6,8H,1-2H3,(H,16,17)(H2,13,14,15,18). The number of carbonyl (C=O) groups is 3. The molecule has 102 valence electrons. The first-order valence-corrected chi connectivity index (χ1v) is 5.47. The van der Waals surface area contributed by atoms with Gasteiger partial charge in [0.1, 0.15) is 11.5 Å². The highest BCUT2D eigenvalue weighted by Crippen LogP contribution is 2.14. The summed E-state index contributed by atoms with van der Waals surface area (Å²) in [5.41, 5.74) is 0. The summed E-state index contributed by atoms with van der Waals surface area (Å²) in [5.74, 6) is -0.816. The summed E-state index contributed by atoms with van der Waals surface area (Å²) in [7, 11) is 0. The molecule has 0 saturated carbocycles. The highest BCUT2D eigenvalue weighted by atomic mass is 16.4. The van der Waals surface area contributed by atoms with Gasteiger partial charge in [0.05, 0.1) is 6.04 Å².